The molecule has 0 aliphatic carbocycles. The van der Waals surface area contributed by atoms with Crippen LogP contribution in [0, 0.1) is 11.8 Å². The molecule has 1 aliphatic rings. The predicted molar refractivity (Wildman–Crippen MR) is 71.1 cm³/mol. The van der Waals surface area contributed by atoms with Crippen LogP contribution in [0.15, 0.2) is 0 Å². The van der Waals surface area contributed by atoms with E-state index in [0.29, 0.717) is 17.9 Å². The summed E-state index contributed by atoms with van der Waals surface area (Å²) < 4.78 is 5.59. The van der Waals surface area contributed by atoms with Gasteiger partial charge >= 0.3 is 0 Å². The lowest BCUT2D eigenvalue weighted by atomic mass is 9.95. The Balaban J connectivity index is 0.00000225. The monoisotopic (exact) mass is 250 g/mol. The Bertz CT molecular complexity index is 178. The van der Waals surface area contributed by atoms with E-state index < -0.39 is 0 Å². The fourth-order valence-corrected chi connectivity index (χ4v) is 1.97. The zero-order valence-electron chi connectivity index (χ0n) is 10.8. The van der Waals surface area contributed by atoms with Crippen molar-refractivity contribution in [2.45, 2.75) is 33.2 Å². The zero-order valence-corrected chi connectivity index (χ0v) is 11.6. The van der Waals surface area contributed by atoms with Crippen LogP contribution in [0.2, 0.25) is 0 Å². The minimum absolute atomic E-state index is 0. The van der Waals surface area contributed by atoms with Crippen molar-refractivity contribution >= 4 is 12.4 Å². The second-order valence-electron chi connectivity index (χ2n) is 5.20. The minimum Gasteiger partial charge on any atom is -0.380 e. The standard InChI is InChI=1S/C12H26N2O.ClH/c1-10(2)9-15-7-6-14-5-4-12(13)11(3)8-14;/h10-12H,4-9,13H2,1-3H3;1H. The highest BCUT2D eigenvalue weighted by Crippen LogP contribution is 2.14. The van der Waals surface area contributed by atoms with E-state index in [9.17, 15) is 0 Å². The first kappa shape index (κ1) is 16.2. The number of likely N-dealkylation sites (tertiary alicyclic amines) is 1. The third-order valence-electron chi connectivity index (χ3n) is 3.06. The molecule has 1 rings (SSSR count). The van der Waals surface area contributed by atoms with Crippen LogP contribution in [0.1, 0.15) is 27.2 Å². The van der Waals surface area contributed by atoms with Crippen molar-refractivity contribution in [1.29, 1.82) is 0 Å². The lowest BCUT2D eigenvalue weighted by Gasteiger charge is -2.34. The maximum absolute atomic E-state index is 5.98. The molecule has 0 saturated carbocycles. The average Bonchev–Trinajstić information content (AvgIpc) is 2.18. The first-order valence-corrected chi connectivity index (χ1v) is 6.15. The highest BCUT2D eigenvalue weighted by molar-refractivity contribution is 5.85. The summed E-state index contributed by atoms with van der Waals surface area (Å²) in [7, 11) is 0. The number of halogens is 1. The Labute approximate surface area is 106 Å². The third-order valence-corrected chi connectivity index (χ3v) is 3.06. The van der Waals surface area contributed by atoms with Gasteiger partial charge in [0.1, 0.15) is 0 Å². The van der Waals surface area contributed by atoms with Gasteiger partial charge in [0.05, 0.1) is 6.61 Å². The largest absolute Gasteiger partial charge is 0.380 e. The quantitative estimate of drug-likeness (QED) is 0.756. The molecule has 0 aromatic heterocycles. The molecule has 2 N–H and O–H groups in total. The summed E-state index contributed by atoms with van der Waals surface area (Å²) in [5.41, 5.74) is 5.98. The molecule has 0 bridgehead atoms. The van der Waals surface area contributed by atoms with Gasteiger partial charge in [0.15, 0.2) is 0 Å². The highest BCUT2D eigenvalue weighted by Gasteiger charge is 2.22. The summed E-state index contributed by atoms with van der Waals surface area (Å²) in [5, 5.41) is 0. The van der Waals surface area contributed by atoms with E-state index >= 15 is 0 Å². The van der Waals surface area contributed by atoms with Crippen LogP contribution in [0.25, 0.3) is 0 Å². The molecular weight excluding hydrogens is 224 g/mol. The molecule has 16 heavy (non-hydrogen) atoms. The van der Waals surface area contributed by atoms with E-state index in [1.54, 1.807) is 0 Å². The van der Waals surface area contributed by atoms with Crippen LogP contribution in [0.4, 0.5) is 0 Å². The molecule has 0 radical (unpaired) electrons. The van der Waals surface area contributed by atoms with Gasteiger partial charge in [-0.15, -0.1) is 12.4 Å². The maximum atomic E-state index is 5.98. The smallest absolute Gasteiger partial charge is 0.0593 e. The van der Waals surface area contributed by atoms with Crippen LogP contribution in [-0.4, -0.2) is 43.8 Å². The number of ether oxygens (including phenoxy) is 1. The molecular formula is C12H27ClN2O. The van der Waals surface area contributed by atoms with Gasteiger partial charge in [0.2, 0.25) is 0 Å². The summed E-state index contributed by atoms with van der Waals surface area (Å²) in [6, 6.07) is 0.401. The third kappa shape index (κ3) is 6.04. The van der Waals surface area contributed by atoms with Gasteiger partial charge in [-0.2, -0.15) is 0 Å². The van der Waals surface area contributed by atoms with Gasteiger partial charge in [0, 0.05) is 25.7 Å². The van der Waals surface area contributed by atoms with Crippen molar-refractivity contribution in [3.05, 3.63) is 0 Å². The summed E-state index contributed by atoms with van der Waals surface area (Å²) in [5.74, 6) is 1.27. The molecule has 1 saturated heterocycles. The van der Waals surface area contributed by atoms with Crippen LogP contribution < -0.4 is 5.73 Å². The molecule has 0 spiro atoms. The fourth-order valence-electron chi connectivity index (χ4n) is 1.97. The van der Waals surface area contributed by atoms with Crippen LogP contribution in [0.3, 0.4) is 0 Å². The number of nitrogens with zero attached hydrogens (tertiary/aromatic N) is 1. The number of hydrogen-bond donors (Lipinski definition) is 1. The topological polar surface area (TPSA) is 38.5 Å². The molecule has 98 valence electrons. The molecule has 0 amide bonds. The second kappa shape index (κ2) is 8.29. The molecule has 2 atom stereocenters. The van der Waals surface area contributed by atoms with Crippen molar-refractivity contribution in [3.8, 4) is 0 Å². The Hall–Kier alpha value is 0.170. The van der Waals surface area contributed by atoms with E-state index in [4.69, 9.17) is 10.5 Å². The molecule has 0 aromatic rings. The maximum Gasteiger partial charge on any atom is 0.0593 e. The Morgan fingerprint density at radius 1 is 1.44 bits per heavy atom. The first-order valence-electron chi connectivity index (χ1n) is 6.15. The Morgan fingerprint density at radius 2 is 2.12 bits per heavy atom. The van der Waals surface area contributed by atoms with E-state index in [1.165, 1.54) is 0 Å². The molecule has 2 unspecified atom stereocenters. The van der Waals surface area contributed by atoms with Gasteiger partial charge in [-0.25, -0.2) is 0 Å². The van der Waals surface area contributed by atoms with Gasteiger partial charge in [-0.05, 0) is 24.8 Å². The molecule has 1 aliphatic heterocycles. The summed E-state index contributed by atoms with van der Waals surface area (Å²) in [6.07, 6.45) is 1.13. The van der Waals surface area contributed by atoms with Crippen molar-refractivity contribution in [2.24, 2.45) is 17.6 Å². The van der Waals surface area contributed by atoms with E-state index in [0.717, 1.165) is 39.3 Å². The predicted octanol–water partition coefficient (Wildman–Crippen LogP) is 1.75. The van der Waals surface area contributed by atoms with E-state index in [-0.39, 0.29) is 12.4 Å². The van der Waals surface area contributed by atoms with Crippen molar-refractivity contribution in [2.75, 3.05) is 32.8 Å². The lowest BCUT2D eigenvalue weighted by molar-refractivity contribution is 0.0693. The van der Waals surface area contributed by atoms with Gasteiger partial charge in [-0.3, -0.25) is 0 Å². The van der Waals surface area contributed by atoms with Gasteiger partial charge in [-0.1, -0.05) is 20.8 Å². The number of rotatable bonds is 5. The number of piperidine rings is 1. The average molecular weight is 251 g/mol. The lowest BCUT2D eigenvalue weighted by Crippen LogP contribution is -2.46. The molecule has 3 nitrogen and oxygen atoms in total. The van der Waals surface area contributed by atoms with Crippen molar-refractivity contribution < 1.29 is 4.74 Å². The van der Waals surface area contributed by atoms with Crippen molar-refractivity contribution in [1.82, 2.24) is 4.90 Å². The minimum atomic E-state index is 0. The van der Waals surface area contributed by atoms with Crippen LogP contribution >= 0.6 is 12.4 Å². The Morgan fingerprint density at radius 3 is 2.69 bits per heavy atom. The fraction of sp³-hybridized carbons (Fsp3) is 1.00. The van der Waals surface area contributed by atoms with Crippen LogP contribution in [0.5, 0.6) is 0 Å². The van der Waals surface area contributed by atoms with Crippen molar-refractivity contribution in [3.63, 3.8) is 0 Å². The zero-order chi connectivity index (χ0) is 11.3. The Kier molecular flexibility index (Phi) is 8.38. The summed E-state index contributed by atoms with van der Waals surface area (Å²) in [6.45, 7) is 11.7. The SMILES string of the molecule is CC(C)COCCN1CCC(N)C(C)C1.Cl. The van der Waals surface area contributed by atoms with Gasteiger partial charge in [0.25, 0.3) is 0 Å². The number of hydrogen-bond acceptors (Lipinski definition) is 3. The summed E-state index contributed by atoms with van der Waals surface area (Å²) >= 11 is 0. The summed E-state index contributed by atoms with van der Waals surface area (Å²) in [4.78, 5) is 2.47. The molecule has 0 aromatic carbocycles. The first-order chi connectivity index (χ1) is 7.09. The molecule has 4 heteroatoms. The van der Waals surface area contributed by atoms with E-state index in [2.05, 4.69) is 25.7 Å². The molecule has 1 fully saturated rings. The number of nitrogens with two attached hydrogens (primary N) is 1. The van der Waals surface area contributed by atoms with Gasteiger partial charge < -0.3 is 15.4 Å². The second-order valence-corrected chi connectivity index (χ2v) is 5.20. The van der Waals surface area contributed by atoms with Crippen LogP contribution in [-0.2, 0) is 4.74 Å². The normalized spacial score (nSPS) is 26.8. The van der Waals surface area contributed by atoms with E-state index in [1.807, 2.05) is 0 Å². The molecule has 1 heterocycles. The highest BCUT2D eigenvalue weighted by atomic mass is 35.5.